The summed E-state index contributed by atoms with van der Waals surface area (Å²) < 4.78 is 5.23. The first kappa shape index (κ1) is 16.2. The van der Waals surface area contributed by atoms with E-state index >= 15 is 0 Å². The number of nitrogens with one attached hydrogen (secondary N) is 2. The summed E-state index contributed by atoms with van der Waals surface area (Å²) in [4.78, 5) is 19.9. The molecule has 1 heterocycles. The van der Waals surface area contributed by atoms with E-state index in [1.54, 1.807) is 6.07 Å². The van der Waals surface area contributed by atoms with Gasteiger partial charge in [-0.2, -0.15) is 0 Å². The number of hydrogen-bond donors (Lipinski definition) is 3. The Bertz CT molecular complexity index is 437. The zero-order valence-corrected chi connectivity index (χ0v) is 12.3. The number of rotatable bonds is 8. The molecule has 20 heavy (non-hydrogen) atoms. The molecule has 0 aromatic carbocycles. The van der Waals surface area contributed by atoms with Gasteiger partial charge >= 0.3 is 0 Å². The first-order valence-electron chi connectivity index (χ1n) is 6.73. The first-order chi connectivity index (χ1) is 9.51. The lowest BCUT2D eigenvalue weighted by Crippen LogP contribution is -2.32. The molecule has 0 fully saturated rings. The molecule has 0 saturated heterocycles. The van der Waals surface area contributed by atoms with E-state index in [4.69, 9.17) is 10.5 Å². The maximum atomic E-state index is 11.6. The Morgan fingerprint density at radius 2 is 2.20 bits per heavy atom. The van der Waals surface area contributed by atoms with Crippen molar-refractivity contribution >= 4 is 17.5 Å². The third kappa shape index (κ3) is 6.33. The summed E-state index contributed by atoms with van der Waals surface area (Å²) >= 11 is 0. The van der Waals surface area contributed by atoms with E-state index in [0.717, 1.165) is 0 Å². The van der Waals surface area contributed by atoms with Crippen LogP contribution in [0.4, 0.5) is 11.6 Å². The number of carbonyl (C=O) groups excluding carboxylic acids is 1. The molecule has 0 aliphatic rings. The molecule has 1 aromatic rings. The lowest BCUT2D eigenvalue weighted by atomic mass is 10.2. The first-order valence-corrected chi connectivity index (χ1v) is 6.73. The molecule has 4 N–H and O–H groups in total. The fourth-order valence-corrected chi connectivity index (χ4v) is 1.42. The van der Waals surface area contributed by atoms with Crippen LogP contribution in [0, 0.1) is 5.92 Å². The van der Waals surface area contributed by atoms with Crippen molar-refractivity contribution in [2.45, 2.75) is 27.4 Å². The van der Waals surface area contributed by atoms with Crippen molar-refractivity contribution in [3.05, 3.63) is 11.9 Å². The zero-order valence-electron chi connectivity index (χ0n) is 12.3. The summed E-state index contributed by atoms with van der Waals surface area (Å²) in [5, 5.41) is 5.74. The summed E-state index contributed by atoms with van der Waals surface area (Å²) in [7, 11) is 0. The standard InChI is InChI=1S/C13H23N5O2/c1-4-20-8-12-17-10(14)5-11(18-12)15-7-13(19)16-6-9(2)3/h5,9H,4,6-8H2,1-3H3,(H,16,19)(H3,14,15,17,18). The predicted octanol–water partition coefficient (Wildman–Crippen LogP) is 0.779. The number of aromatic nitrogens is 2. The van der Waals surface area contributed by atoms with Crippen LogP contribution in [0.1, 0.15) is 26.6 Å². The number of nitrogen functional groups attached to an aromatic ring is 1. The fourth-order valence-electron chi connectivity index (χ4n) is 1.42. The minimum Gasteiger partial charge on any atom is -0.384 e. The highest BCUT2D eigenvalue weighted by Crippen LogP contribution is 2.08. The molecular formula is C13H23N5O2. The molecule has 0 radical (unpaired) electrons. The zero-order chi connectivity index (χ0) is 15.0. The number of anilines is 2. The molecule has 0 unspecified atom stereocenters. The van der Waals surface area contributed by atoms with Crippen LogP contribution in [0.2, 0.25) is 0 Å². The summed E-state index contributed by atoms with van der Waals surface area (Å²) in [6, 6.07) is 1.59. The van der Waals surface area contributed by atoms with Gasteiger partial charge in [0.15, 0.2) is 5.82 Å². The van der Waals surface area contributed by atoms with Crippen LogP contribution in [0.5, 0.6) is 0 Å². The van der Waals surface area contributed by atoms with E-state index < -0.39 is 0 Å². The monoisotopic (exact) mass is 281 g/mol. The lowest BCUT2D eigenvalue weighted by molar-refractivity contribution is -0.119. The van der Waals surface area contributed by atoms with Gasteiger partial charge in [0.25, 0.3) is 0 Å². The molecule has 112 valence electrons. The lowest BCUT2D eigenvalue weighted by Gasteiger charge is -2.10. The van der Waals surface area contributed by atoms with Gasteiger partial charge in [-0.15, -0.1) is 0 Å². The number of carbonyl (C=O) groups is 1. The summed E-state index contributed by atoms with van der Waals surface area (Å²) in [6.45, 7) is 7.66. The SMILES string of the molecule is CCOCc1nc(N)cc(NCC(=O)NCC(C)C)n1. The molecule has 0 saturated carbocycles. The van der Waals surface area contributed by atoms with Crippen LogP contribution in [0.25, 0.3) is 0 Å². The number of nitrogens with two attached hydrogens (primary N) is 1. The second kappa shape index (κ2) is 8.31. The number of nitrogens with zero attached hydrogens (tertiary/aromatic N) is 2. The van der Waals surface area contributed by atoms with Crippen molar-refractivity contribution in [3.8, 4) is 0 Å². The Labute approximate surface area is 119 Å². The van der Waals surface area contributed by atoms with Gasteiger partial charge in [-0.05, 0) is 12.8 Å². The average Bonchev–Trinajstić information content (AvgIpc) is 2.40. The smallest absolute Gasteiger partial charge is 0.239 e. The van der Waals surface area contributed by atoms with Crippen molar-refractivity contribution in [1.29, 1.82) is 0 Å². The Morgan fingerprint density at radius 3 is 2.85 bits per heavy atom. The normalized spacial score (nSPS) is 10.6. The summed E-state index contributed by atoms with van der Waals surface area (Å²) in [5.41, 5.74) is 5.69. The molecule has 1 amide bonds. The molecule has 7 nitrogen and oxygen atoms in total. The van der Waals surface area contributed by atoms with Crippen LogP contribution >= 0.6 is 0 Å². The second-order valence-electron chi connectivity index (χ2n) is 4.78. The van der Waals surface area contributed by atoms with Gasteiger partial charge in [0, 0.05) is 19.2 Å². The molecule has 0 atom stereocenters. The van der Waals surface area contributed by atoms with Crippen LogP contribution in [-0.4, -0.2) is 35.6 Å². The molecule has 0 aliphatic heterocycles. The molecule has 0 aliphatic carbocycles. The predicted molar refractivity (Wildman–Crippen MR) is 78.1 cm³/mol. The Hall–Kier alpha value is -1.89. The average molecular weight is 281 g/mol. The molecule has 0 bridgehead atoms. The van der Waals surface area contributed by atoms with Crippen LogP contribution in [0.15, 0.2) is 6.07 Å². The van der Waals surface area contributed by atoms with Crippen molar-refractivity contribution in [3.63, 3.8) is 0 Å². The fraction of sp³-hybridized carbons (Fsp3) is 0.615. The molecular weight excluding hydrogens is 258 g/mol. The Balaban J connectivity index is 2.50. The number of ether oxygens (including phenoxy) is 1. The minimum atomic E-state index is -0.0813. The highest BCUT2D eigenvalue weighted by molar-refractivity contribution is 5.80. The van der Waals surface area contributed by atoms with Gasteiger partial charge in [0.05, 0.1) is 6.54 Å². The van der Waals surface area contributed by atoms with E-state index in [9.17, 15) is 4.79 Å². The summed E-state index contributed by atoms with van der Waals surface area (Å²) in [5.74, 6) is 1.71. The maximum absolute atomic E-state index is 11.6. The van der Waals surface area contributed by atoms with E-state index in [-0.39, 0.29) is 12.5 Å². The molecule has 1 aromatic heterocycles. The van der Waals surface area contributed by atoms with Crippen molar-refractivity contribution in [2.24, 2.45) is 5.92 Å². The number of hydrogen-bond acceptors (Lipinski definition) is 6. The molecule has 0 spiro atoms. The minimum absolute atomic E-state index is 0.0813. The van der Waals surface area contributed by atoms with E-state index in [2.05, 4.69) is 20.6 Å². The van der Waals surface area contributed by atoms with E-state index in [1.165, 1.54) is 0 Å². The van der Waals surface area contributed by atoms with Gasteiger partial charge < -0.3 is 21.1 Å². The third-order valence-electron chi connectivity index (χ3n) is 2.37. The third-order valence-corrected chi connectivity index (χ3v) is 2.37. The highest BCUT2D eigenvalue weighted by atomic mass is 16.5. The van der Waals surface area contributed by atoms with Crippen LogP contribution in [-0.2, 0) is 16.1 Å². The van der Waals surface area contributed by atoms with Crippen molar-refractivity contribution in [1.82, 2.24) is 15.3 Å². The van der Waals surface area contributed by atoms with E-state index in [0.29, 0.717) is 43.1 Å². The maximum Gasteiger partial charge on any atom is 0.239 e. The summed E-state index contributed by atoms with van der Waals surface area (Å²) in [6.07, 6.45) is 0. The highest BCUT2D eigenvalue weighted by Gasteiger charge is 2.06. The molecule has 7 heteroatoms. The van der Waals surface area contributed by atoms with Crippen LogP contribution in [0.3, 0.4) is 0 Å². The van der Waals surface area contributed by atoms with Crippen molar-refractivity contribution in [2.75, 3.05) is 30.7 Å². The van der Waals surface area contributed by atoms with Gasteiger partial charge in [0.1, 0.15) is 18.2 Å². The van der Waals surface area contributed by atoms with Gasteiger partial charge in [-0.3, -0.25) is 4.79 Å². The van der Waals surface area contributed by atoms with Gasteiger partial charge in [0.2, 0.25) is 5.91 Å². The molecule has 1 rings (SSSR count). The quantitative estimate of drug-likeness (QED) is 0.651. The largest absolute Gasteiger partial charge is 0.384 e. The van der Waals surface area contributed by atoms with Crippen LogP contribution < -0.4 is 16.4 Å². The van der Waals surface area contributed by atoms with Crippen molar-refractivity contribution < 1.29 is 9.53 Å². The second-order valence-corrected chi connectivity index (χ2v) is 4.78. The topological polar surface area (TPSA) is 102 Å². The Kier molecular flexibility index (Phi) is 6.72. The van der Waals surface area contributed by atoms with Gasteiger partial charge in [-0.25, -0.2) is 9.97 Å². The van der Waals surface area contributed by atoms with Gasteiger partial charge in [-0.1, -0.05) is 13.8 Å². The number of amides is 1. The van der Waals surface area contributed by atoms with E-state index in [1.807, 2.05) is 20.8 Å². The Morgan fingerprint density at radius 1 is 1.45 bits per heavy atom.